The van der Waals surface area contributed by atoms with Crippen LogP contribution in [0.4, 0.5) is 0 Å². The first-order valence-corrected chi connectivity index (χ1v) is 4.86. The summed E-state index contributed by atoms with van der Waals surface area (Å²) in [6.45, 7) is 5.66. The van der Waals surface area contributed by atoms with Gasteiger partial charge in [0.2, 0.25) is 0 Å². The van der Waals surface area contributed by atoms with Gasteiger partial charge >= 0.3 is 0 Å². The molecular weight excluding hydrogens is 156 g/mol. The van der Waals surface area contributed by atoms with Crippen LogP contribution >= 0.6 is 0 Å². The third kappa shape index (κ3) is 2.24. The molecule has 0 aliphatic carbocycles. The van der Waals surface area contributed by atoms with Gasteiger partial charge in [-0.15, -0.1) is 0 Å². The van der Waals surface area contributed by atoms with E-state index < -0.39 is 11.2 Å². The number of hydrogen-bond donors (Lipinski definition) is 0. The van der Waals surface area contributed by atoms with Gasteiger partial charge in [-0.2, -0.15) is 0 Å². The Balaban J connectivity index is 2.81. The molecule has 0 aliphatic rings. The molecule has 0 fully saturated rings. The van der Waals surface area contributed by atoms with Crippen LogP contribution in [0.3, 0.4) is 0 Å². The normalized spacial score (nSPS) is 13.0. The van der Waals surface area contributed by atoms with Crippen molar-refractivity contribution in [3.8, 4) is 0 Å². The van der Waals surface area contributed by atoms with E-state index >= 15 is 0 Å². The fourth-order valence-electron chi connectivity index (χ4n) is 0.808. The van der Waals surface area contributed by atoms with Gasteiger partial charge in [-0.1, -0.05) is 12.1 Å². The van der Waals surface area contributed by atoms with Gasteiger partial charge in [-0.3, -0.25) is 0 Å². The zero-order valence-corrected chi connectivity index (χ0v) is 7.36. The van der Waals surface area contributed by atoms with Crippen LogP contribution in [0, 0.1) is 6.92 Å². The molecule has 0 aliphatic heterocycles. The Morgan fingerprint density at radius 2 is 1.91 bits per heavy atom. The van der Waals surface area contributed by atoms with E-state index in [1.807, 2.05) is 31.2 Å². The Hall–Kier alpha value is -0.470. The molecule has 11 heavy (non-hydrogen) atoms. The van der Waals surface area contributed by atoms with E-state index in [1.54, 1.807) is 0 Å². The molecule has 0 spiro atoms. The van der Waals surface area contributed by atoms with Crippen molar-refractivity contribution in [3.05, 3.63) is 36.8 Å². The Bertz CT molecular complexity index is 218. The predicted molar refractivity (Wildman–Crippen MR) is 47.9 cm³/mol. The summed E-state index contributed by atoms with van der Waals surface area (Å²) in [5, 5.41) is 0. The van der Waals surface area contributed by atoms with Gasteiger partial charge in [0.1, 0.15) is 5.75 Å². The third-order valence-electron chi connectivity index (χ3n) is 1.45. The lowest BCUT2D eigenvalue weighted by molar-refractivity contribution is 0.596. The highest BCUT2D eigenvalue weighted by molar-refractivity contribution is 7.91. The van der Waals surface area contributed by atoms with E-state index in [0.717, 1.165) is 10.5 Å². The fraction of sp³-hybridized carbons (Fsp3) is 0.222. The highest BCUT2D eigenvalue weighted by Gasteiger charge is 2.05. The first-order chi connectivity index (χ1) is 5.24. The van der Waals surface area contributed by atoms with E-state index in [-0.39, 0.29) is 0 Å². The van der Waals surface area contributed by atoms with Crippen LogP contribution in [0.5, 0.6) is 0 Å². The molecule has 1 aromatic carbocycles. The van der Waals surface area contributed by atoms with E-state index in [4.69, 9.17) is 0 Å². The van der Waals surface area contributed by atoms with Crippen molar-refractivity contribution < 1.29 is 4.55 Å². The largest absolute Gasteiger partial charge is 0.611 e. The lowest BCUT2D eigenvalue weighted by Gasteiger charge is -2.06. The molecule has 0 bridgehead atoms. The predicted octanol–water partition coefficient (Wildman–Crippen LogP) is 2.00. The Morgan fingerprint density at radius 3 is 2.36 bits per heavy atom. The summed E-state index contributed by atoms with van der Waals surface area (Å²) in [5.74, 6) is 0.677. The highest BCUT2D eigenvalue weighted by atomic mass is 32.2. The summed E-state index contributed by atoms with van der Waals surface area (Å²) < 4.78 is 11.2. The standard InChI is InChI=1S/C9H11OS/c1-3-11(10)9-6-4-8(2)5-7-9/h4-7H,2-3H2,1H3. The van der Waals surface area contributed by atoms with Crippen LogP contribution in [0.15, 0.2) is 29.2 Å². The van der Waals surface area contributed by atoms with Crippen molar-refractivity contribution in [2.45, 2.75) is 11.8 Å². The van der Waals surface area contributed by atoms with Crippen molar-refractivity contribution in [2.24, 2.45) is 0 Å². The summed E-state index contributed by atoms with van der Waals surface area (Å²) in [5.41, 5.74) is 0.960. The Labute approximate surface area is 70.6 Å². The Morgan fingerprint density at radius 1 is 1.36 bits per heavy atom. The quantitative estimate of drug-likeness (QED) is 0.618. The van der Waals surface area contributed by atoms with Crippen molar-refractivity contribution in [2.75, 3.05) is 5.75 Å². The first kappa shape index (κ1) is 8.62. The topological polar surface area (TPSA) is 23.1 Å². The summed E-state index contributed by atoms with van der Waals surface area (Å²) in [6.07, 6.45) is 0. The van der Waals surface area contributed by atoms with Crippen molar-refractivity contribution in [1.29, 1.82) is 0 Å². The van der Waals surface area contributed by atoms with Crippen LogP contribution in [0.1, 0.15) is 12.5 Å². The molecule has 1 nitrogen and oxygen atoms in total. The molecule has 0 amide bonds. The van der Waals surface area contributed by atoms with Crippen molar-refractivity contribution >= 4 is 11.2 Å². The van der Waals surface area contributed by atoms with Crippen LogP contribution in [-0.2, 0) is 11.2 Å². The maximum atomic E-state index is 11.2. The maximum Gasteiger partial charge on any atom is 0.152 e. The molecule has 1 unspecified atom stereocenters. The summed E-state index contributed by atoms with van der Waals surface area (Å²) in [7, 11) is 0. The van der Waals surface area contributed by atoms with Gasteiger partial charge in [0.05, 0.1) is 0 Å². The van der Waals surface area contributed by atoms with E-state index in [0.29, 0.717) is 5.75 Å². The van der Waals surface area contributed by atoms with Gasteiger partial charge in [0.15, 0.2) is 4.90 Å². The molecule has 1 atom stereocenters. The second-order valence-corrected chi connectivity index (χ2v) is 4.02. The van der Waals surface area contributed by atoms with Gasteiger partial charge < -0.3 is 4.55 Å². The van der Waals surface area contributed by atoms with Crippen LogP contribution < -0.4 is 0 Å². The van der Waals surface area contributed by atoms with E-state index in [2.05, 4.69) is 6.92 Å². The van der Waals surface area contributed by atoms with Gasteiger partial charge in [-0.05, 0) is 42.7 Å². The number of benzene rings is 1. The number of hydrogen-bond acceptors (Lipinski definition) is 1. The molecule has 0 saturated heterocycles. The maximum absolute atomic E-state index is 11.2. The first-order valence-electron chi connectivity index (χ1n) is 3.54. The van der Waals surface area contributed by atoms with E-state index in [9.17, 15) is 4.55 Å². The molecule has 0 heterocycles. The van der Waals surface area contributed by atoms with Gasteiger partial charge in [0.25, 0.3) is 0 Å². The average molecular weight is 167 g/mol. The lowest BCUT2D eigenvalue weighted by atomic mass is 10.2. The van der Waals surface area contributed by atoms with Crippen LogP contribution in [0.2, 0.25) is 0 Å². The second kappa shape index (κ2) is 3.79. The summed E-state index contributed by atoms with van der Waals surface area (Å²) in [4.78, 5) is 0.889. The van der Waals surface area contributed by atoms with Crippen LogP contribution in [0.25, 0.3) is 0 Å². The van der Waals surface area contributed by atoms with E-state index in [1.165, 1.54) is 0 Å². The molecule has 0 saturated carbocycles. The second-order valence-electron chi connectivity index (χ2n) is 2.28. The smallest absolute Gasteiger partial charge is 0.152 e. The lowest BCUT2D eigenvalue weighted by Crippen LogP contribution is -2.02. The molecule has 0 aromatic heterocycles. The fourth-order valence-corrected chi connectivity index (χ4v) is 1.58. The average Bonchev–Trinajstić information content (AvgIpc) is 2.05. The zero-order valence-electron chi connectivity index (χ0n) is 6.54. The molecule has 1 aromatic rings. The number of rotatable bonds is 2. The minimum absolute atomic E-state index is 0.677. The molecule has 1 rings (SSSR count). The SMILES string of the molecule is [CH2]c1ccc([S+]([O-])CC)cc1. The summed E-state index contributed by atoms with van der Waals surface area (Å²) >= 11 is -0.826. The monoisotopic (exact) mass is 167 g/mol. The highest BCUT2D eigenvalue weighted by Crippen LogP contribution is 2.11. The van der Waals surface area contributed by atoms with Gasteiger partial charge in [-0.25, -0.2) is 0 Å². The molecule has 1 radical (unpaired) electrons. The summed E-state index contributed by atoms with van der Waals surface area (Å²) in [6, 6.07) is 7.48. The minimum Gasteiger partial charge on any atom is -0.611 e. The van der Waals surface area contributed by atoms with Crippen LogP contribution in [-0.4, -0.2) is 10.3 Å². The third-order valence-corrected chi connectivity index (χ3v) is 2.77. The molecule has 0 N–H and O–H groups in total. The van der Waals surface area contributed by atoms with Crippen molar-refractivity contribution in [3.63, 3.8) is 0 Å². The molecule has 59 valence electrons. The Kier molecular flexibility index (Phi) is 2.97. The molecule has 2 heteroatoms. The van der Waals surface area contributed by atoms with Crippen molar-refractivity contribution in [1.82, 2.24) is 0 Å². The minimum atomic E-state index is -0.826. The van der Waals surface area contributed by atoms with Gasteiger partial charge in [0, 0.05) is 0 Å². The molecular formula is C9H11OS. The zero-order chi connectivity index (χ0) is 8.27.